The van der Waals surface area contributed by atoms with Crippen molar-refractivity contribution in [2.75, 3.05) is 0 Å². The molecule has 0 aliphatic heterocycles. The highest BCUT2D eigenvalue weighted by Gasteiger charge is 2.18. The van der Waals surface area contributed by atoms with Gasteiger partial charge >= 0.3 is 0 Å². The van der Waals surface area contributed by atoms with Crippen LogP contribution in [0.5, 0.6) is 0 Å². The van der Waals surface area contributed by atoms with Crippen LogP contribution in [0, 0.1) is 0 Å². The summed E-state index contributed by atoms with van der Waals surface area (Å²) in [6.07, 6.45) is 0. The molecule has 0 aliphatic rings. The molecule has 9 aromatic rings. The van der Waals surface area contributed by atoms with Crippen molar-refractivity contribution in [2.24, 2.45) is 0 Å². The molecular formula is C45H29N3. The Morgan fingerprint density at radius 2 is 0.792 bits per heavy atom. The van der Waals surface area contributed by atoms with Gasteiger partial charge in [-0.3, -0.25) is 0 Å². The quantitative estimate of drug-likeness (QED) is 0.182. The summed E-state index contributed by atoms with van der Waals surface area (Å²) in [4.78, 5) is 15.1. The Morgan fingerprint density at radius 1 is 0.271 bits per heavy atom. The first kappa shape index (κ1) is 27.8. The van der Waals surface area contributed by atoms with E-state index in [0.29, 0.717) is 17.5 Å². The van der Waals surface area contributed by atoms with Gasteiger partial charge in [0.2, 0.25) is 0 Å². The van der Waals surface area contributed by atoms with Gasteiger partial charge in [-0.25, -0.2) is 15.0 Å². The van der Waals surface area contributed by atoms with Gasteiger partial charge in [0, 0.05) is 16.7 Å². The summed E-state index contributed by atoms with van der Waals surface area (Å²) in [5.74, 6) is 1.93. The van der Waals surface area contributed by atoms with Crippen molar-refractivity contribution in [3.8, 4) is 56.4 Å². The van der Waals surface area contributed by atoms with Crippen molar-refractivity contribution in [3.63, 3.8) is 0 Å². The number of fused-ring (bicyclic) bond motifs is 5. The summed E-state index contributed by atoms with van der Waals surface area (Å²) in [5, 5.41) is 7.39. The molecule has 9 rings (SSSR count). The van der Waals surface area contributed by atoms with Crippen LogP contribution in [0.25, 0.3) is 88.7 Å². The summed E-state index contributed by atoms with van der Waals surface area (Å²) in [6, 6.07) is 61.8. The summed E-state index contributed by atoms with van der Waals surface area (Å²) < 4.78 is 0. The van der Waals surface area contributed by atoms with Crippen LogP contribution < -0.4 is 0 Å². The number of rotatable bonds is 5. The first-order valence-electron chi connectivity index (χ1n) is 16.2. The van der Waals surface area contributed by atoms with Gasteiger partial charge in [-0.1, -0.05) is 164 Å². The molecule has 3 heteroatoms. The normalized spacial score (nSPS) is 11.3. The van der Waals surface area contributed by atoms with Crippen LogP contribution in [-0.4, -0.2) is 15.0 Å². The number of hydrogen-bond donors (Lipinski definition) is 0. The summed E-state index contributed by atoms with van der Waals surface area (Å²) >= 11 is 0. The molecule has 0 spiro atoms. The van der Waals surface area contributed by atoms with Crippen LogP contribution in [-0.2, 0) is 0 Å². The topological polar surface area (TPSA) is 38.7 Å². The van der Waals surface area contributed by atoms with Crippen molar-refractivity contribution in [1.82, 2.24) is 15.0 Å². The fourth-order valence-corrected chi connectivity index (χ4v) is 6.81. The Balaban J connectivity index is 1.36. The van der Waals surface area contributed by atoms with E-state index >= 15 is 0 Å². The Kier molecular flexibility index (Phi) is 6.80. The van der Waals surface area contributed by atoms with Gasteiger partial charge in [-0.2, -0.15) is 0 Å². The molecule has 0 unspecified atom stereocenters. The molecule has 0 N–H and O–H groups in total. The summed E-state index contributed by atoms with van der Waals surface area (Å²) in [7, 11) is 0. The zero-order valence-corrected chi connectivity index (χ0v) is 26.1. The molecule has 3 nitrogen and oxygen atoms in total. The van der Waals surface area contributed by atoms with Crippen molar-refractivity contribution >= 4 is 32.3 Å². The van der Waals surface area contributed by atoms with Gasteiger partial charge in [-0.15, -0.1) is 0 Å². The van der Waals surface area contributed by atoms with Crippen molar-refractivity contribution < 1.29 is 0 Å². The number of benzene rings is 8. The van der Waals surface area contributed by atoms with Crippen LogP contribution in [0.3, 0.4) is 0 Å². The van der Waals surface area contributed by atoms with E-state index in [0.717, 1.165) is 33.4 Å². The van der Waals surface area contributed by atoms with Crippen molar-refractivity contribution in [3.05, 3.63) is 176 Å². The second-order valence-corrected chi connectivity index (χ2v) is 12.0. The third-order valence-electron chi connectivity index (χ3n) is 9.10. The molecular weight excluding hydrogens is 583 g/mol. The smallest absolute Gasteiger partial charge is 0.164 e. The lowest BCUT2D eigenvalue weighted by atomic mass is 9.86. The Bertz CT molecular complexity index is 2540. The lowest BCUT2D eigenvalue weighted by Gasteiger charge is -2.18. The second kappa shape index (κ2) is 11.7. The molecule has 0 fully saturated rings. The van der Waals surface area contributed by atoms with Gasteiger partial charge in [0.1, 0.15) is 0 Å². The number of aromatic nitrogens is 3. The molecule has 0 radical (unpaired) electrons. The lowest BCUT2D eigenvalue weighted by Crippen LogP contribution is -2.00. The largest absolute Gasteiger partial charge is 0.208 e. The van der Waals surface area contributed by atoms with Crippen LogP contribution in [0.2, 0.25) is 0 Å². The fraction of sp³-hybridized carbons (Fsp3) is 0. The molecule has 1 aromatic heterocycles. The first-order chi connectivity index (χ1) is 23.8. The van der Waals surface area contributed by atoms with E-state index < -0.39 is 0 Å². The average Bonchev–Trinajstić information content (AvgIpc) is 3.18. The van der Waals surface area contributed by atoms with E-state index in [1.165, 1.54) is 37.9 Å². The molecule has 0 aliphatic carbocycles. The lowest BCUT2D eigenvalue weighted by molar-refractivity contribution is 1.07. The van der Waals surface area contributed by atoms with Crippen LogP contribution >= 0.6 is 0 Å². The number of nitrogens with zero attached hydrogens (tertiary/aromatic N) is 3. The minimum atomic E-state index is 0.638. The molecule has 0 saturated heterocycles. The SMILES string of the molecule is c1ccc(-c2nc(-c3ccccc3)nc(-c3ccc(-c4ccccc4)c(-c4cc5ccccc5c5ccc6ccccc6c45)c3)n2)cc1. The summed E-state index contributed by atoms with van der Waals surface area (Å²) in [6.45, 7) is 0. The maximum absolute atomic E-state index is 5.08. The summed E-state index contributed by atoms with van der Waals surface area (Å²) in [5.41, 5.74) is 7.46. The predicted molar refractivity (Wildman–Crippen MR) is 200 cm³/mol. The zero-order chi connectivity index (χ0) is 31.9. The molecule has 0 amide bonds. The highest BCUT2D eigenvalue weighted by Crippen LogP contribution is 2.43. The van der Waals surface area contributed by atoms with Gasteiger partial charge in [0.15, 0.2) is 17.5 Å². The minimum absolute atomic E-state index is 0.638. The standard InChI is InChI=1S/C45H29N3/c1-4-14-30(15-5-1)37-26-25-35(45-47-43(32-17-6-2-7-18-32)46-44(48-45)33-19-8-3-9-20-33)29-40(37)41-28-34-21-11-12-22-36(34)39-27-24-31-16-10-13-23-38(31)42(39)41/h1-29H. The zero-order valence-electron chi connectivity index (χ0n) is 26.1. The van der Waals surface area contributed by atoms with E-state index in [1.54, 1.807) is 0 Å². The highest BCUT2D eigenvalue weighted by atomic mass is 15.0. The van der Waals surface area contributed by atoms with Crippen molar-refractivity contribution in [1.29, 1.82) is 0 Å². The molecule has 48 heavy (non-hydrogen) atoms. The monoisotopic (exact) mass is 611 g/mol. The first-order valence-corrected chi connectivity index (χ1v) is 16.2. The van der Waals surface area contributed by atoms with Crippen molar-refractivity contribution in [2.45, 2.75) is 0 Å². The predicted octanol–water partition coefficient (Wildman–Crippen LogP) is 11.7. The van der Waals surface area contributed by atoms with E-state index in [1.807, 2.05) is 60.7 Å². The molecule has 224 valence electrons. The third kappa shape index (κ3) is 4.90. The molecule has 8 aromatic carbocycles. The Labute approximate surface area is 278 Å². The van der Waals surface area contributed by atoms with Gasteiger partial charge in [0.25, 0.3) is 0 Å². The van der Waals surface area contributed by atoms with E-state index in [4.69, 9.17) is 15.0 Å². The maximum atomic E-state index is 5.08. The van der Waals surface area contributed by atoms with E-state index in [9.17, 15) is 0 Å². The van der Waals surface area contributed by atoms with Crippen LogP contribution in [0.1, 0.15) is 0 Å². The molecule has 0 saturated carbocycles. The van der Waals surface area contributed by atoms with Gasteiger partial charge in [-0.05, 0) is 66.7 Å². The molecule has 1 heterocycles. The second-order valence-electron chi connectivity index (χ2n) is 12.0. The third-order valence-corrected chi connectivity index (χ3v) is 9.10. The fourth-order valence-electron chi connectivity index (χ4n) is 6.81. The Morgan fingerprint density at radius 3 is 1.44 bits per heavy atom. The van der Waals surface area contributed by atoms with E-state index in [2.05, 4.69) is 115 Å². The van der Waals surface area contributed by atoms with Gasteiger partial charge in [0.05, 0.1) is 0 Å². The molecule has 0 bridgehead atoms. The number of hydrogen-bond acceptors (Lipinski definition) is 3. The van der Waals surface area contributed by atoms with Crippen LogP contribution in [0.4, 0.5) is 0 Å². The van der Waals surface area contributed by atoms with Crippen LogP contribution in [0.15, 0.2) is 176 Å². The highest BCUT2D eigenvalue weighted by molar-refractivity contribution is 6.23. The molecule has 0 atom stereocenters. The minimum Gasteiger partial charge on any atom is -0.208 e. The van der Waals surface area contributed by atoms with E-state index in [-0.39, 0.29) is 0 Å². The maximum Gasteiger partial charge on any atom is 0.164 e. The Hall–Kier alpha value is -6.45. The van der Waals surface area contributed by atoms with Gasteiger partial charge < -0.3 is 0 Å². The average molecular weight is 612 g/mol.